The van der Waals surface area contributed by atoms with E-state index < -0.39 is 0 Å². The van der Waals surface area contributed by atoms with Gasteiger partial charge in [0.2, 0.25) is 0 Å². The fraction of sp³-hybridized carbons (Fsp3) is 1.00. The van der Waals surface area contributed by atoms with Crippen molar-refractivity contribution in [3.05, 3.63) is 0 Å². The molecule has 2 nitrogen and oxygen atoms in total. The second kappa shape index (κ2) is 4.42. The minimum atomic E-state index is -0.248. The van der Waals surface area contributed by atoms with E-state index in [1.165, 1.54) is 25.7 Å². The molecule has 0 aromatic rings. The SMILES string of the molecule is CC1CCCC(C(O)C2(C)CCCO2)C1. The lowest BCUT2D eigenvalue weighted by Crippen LogP contribution is -2.44. The summed E-state index contributed by atoms with van der Waals surface area (Å²) in [6.45, 7) is 5.22. The molecule has 0 amide bonds. The minimum absolute atomic E-state index is 0.247. The Bertz CT molecular complexity index is 209. The highest BCUT2D eigenvalue weighted by atomic mass is 16.5. The molecule has 1 N–H and O–H groups in total. The van der Waals surface area contributed by atoms with Crippen LogP contribution in [0.4, 0.5) is 0 Å². The van der Waals surface area contributed by atoms with Crippen molar-refractivity contribution in [2.24, 2.45) is 11.8 Å². The molecule has 2 fully saturated rings. The molecule has 1 aliphatic carbocycles. The van der Waals surface area contributed by atoms with Gasteiger partial charge < -0.3 is 9.84 Å². The summed E-state index contributed by atoms with van der Waals surface area (Å²) in [5.41, 5.74) is -0.248. The van der Waals surface area contributed by atoms with E-state index in [9.17, 15) is 5.11 Å². The summed E-state index contributed by atoms with van der Waals surface area (Å²) in [5, 5.41) is 10.4. The molecule has 1 saturated carbocycles. The Morgan fingerprint density at radius 1 is 1.33 bits per heavy atom. The van der Waals surface area contributed by atoms with Crippen LogP contribution in [0, 0.1) is 11.8 Å². The van der Waals surface area contributed by atoms with E-state index >= 15 is 0 Å². The molecule has 2 rings (SSSR count). The van der Waals surface area contributed by atoms with Crippen LogP contribution in [0.1, 0.15) is 52.4 Å². The largest absolute Gasteiger partial charge is 0.390 e. The van der Waals surface area contributed by atoms with Gasteiger partial charge in [-0.3, -0.25) is 0 Å². The van der Waals surface area contributed by atoms with E-state index in [2.05, 4.69) is 13.8 Å². The van der Waals surface area contributed by atoms with E-state index in [4.69, 9.17) is 4.74 Å². The van der Waals surface area contributed by atoms with Crippen molar-refractivity contribution in [1.29, 1.82) is 0 Å². The molecule has 0 spiro atoms. The third-order valence-corrected chi connectivity index (χ3v) is 4.30. The number of ether oxygens (including phenoxy) is 1. The van der Waals surface area contributed by atoms with Gasteiger partial charge in [0.1, 0.15) is 0 Å². The first-order valence-corrected chi connectivity index (χ1v) is 6.44. The second-order valence-corrected chi connectivity index (χ2v) is 5.74. The van der Waals surface area contributed by atoms with Crippen LogP contribution in [0.25, 0.3) is 0 Å². The van der Waals surface area contributed by atoms with Gasteiger partial charge in [0.05, 0.1) is 11.7 Å². The highest BCUT2D eigenvalue weighted by Crippen LogP contribution is 2.39. The summed E-state index contributed by atoms with van der Waals surface area (Å²) >= 11 is 0. The number of aliphatic hydroxyl groups excluding tert-OH is 1. The Morgan fingerprint density at radius 3 is 2.73 bits per heavy atom. The van der Waals surface area contributed by atoms with Crippen LogP contribution >= 0.6 is 0 Å². The Labute approximate surface area is 93.0 Å². The number of hydrogen-bond acceptors (Lipinski definition) is 2. The van der Waals surface area contributed by atoms with E-state index in [1.807, 2.05) is 0 Å². The van der Waals surface area contributed by atoms with Crippen molar-refractivity contribution < 1.29 is 9.84 Å². The number of rotatable bonds is 2. The van der Waals surface area contributed by atoms with Crippen molar-refractivity contribution >= 4 is 0 Å². The fourth-order valence-electron chi connectivity index (χ4n) is 3.30. The van der Waals surface area contributed by atoms with Crippen LogP contribution in [-0.2, 0) is 4.74 Å². The van der Waals surface area contributed by atoms with Gasteiger partial charge in [-0.25, -0.2) is 0 Å². The zero-order valence-corrected chi connectivity index (χ0v) is 10.0. The minimum Gasteiger partial charge on any atom is -0.390 e. The molecule has 4 atom stereocenters. The quantitative estimate of drug-likeness (QED) is 0.762. The Hall–Kier alpha value is -0.0800. The number of aliphatic hydroxyl groups is 1. The van der Waals surface area contributed by atoms with E-state index in [0.717, 1.165) is 25.4 Å². The molecule has 15 heavy (non-hydrogen) atoms. The van der Waals surface area contributed by atoms with Crippen LogP contribution < -0.4 is 0 Å². The summed E-state index contributed by atoms with van der Waals surface area (Å²) < 4.78 is 5.74. The fourth-order valence-corrected chi connectivity index (χ4v) is 3.30. The zero-order chi connectivity index (χ0) is 10.9. The molecule has 1 heterocycles. The van der Waals surface area contributed by atoms with E-state index in [0.29, 0.717) is 5.92 Å². The summed E-state index contributed by atoms with van der Waals surface area (Å²) in [6, 6.07) is 0. The highest BCUT2D eigenvalue weighted by Gasteiger charge is 2.42. The van der Waals surface area contributed by atoms with Gasteiger partial charge in [0.15, 0.2) is 0 Å². The molecule has 2 aliphatic rings. The van der Waals surface area contributed by atoms with Crippen molar-refractivity contribution in [3.63, 3.8) is 0 Å². The maximum absolute atomic E-state index is 10.4. The molecule has 88 valence electrons. The number of hydrogen-bond donors (Lipinski definition) is 1. The third kappa shape index (κ3) is 2.36. The topological polar surface area (TPSA) is 29.5 Å². The van der Waals surface area contributed by atoms with Gasteiger partial charge in [0.25, 0.3) is 0 Å². The van der Waals surface area contributed by atoms with Crippen molar-refractivity contribution in [2.75, 3.05) is 6.61 Å². The maximum atomic E-state index is 10.4. The van der Waals surface area contributed by atoms with Gasteiger partial charge >= 0.3 is 0 Å². The van der Waals surface area contributed by atoms with Crippen LogP contribution in [0.15, 0.2) is 0 Å². The molecule has 2 heteroatoms. The lowest BCUT2D eigenvalue weighted by atomic mass is 9.74. The highest BCUT2D eigenvalue weighted by molar-refractivity contribution is 4.92. The Kier molecular flexibility index (Phi) is 3.36. The summed E-state index contributed by atoms with van der Waals surface area (Å²) in [6.07, 6.45) is 6.86. The molecule has 1 aliphatic heterocycles. The average Bonchev–Trinajstić information content (AvgIpc) is 2.65. The van der Waals surface area contributed by atoms with Gasteiger partial charge in [-0.1, -0.05) is 19.8 Å². The molecule has 4 unspecified atom stereocenters. The summed E-state index contributed by atoms with van der Waals surface area (Å²) in [5.74, 6) is 1.25. The average molecular weight is 212 g/mol. The van der Waals surface area contributed by atoms with Crippen LogP contribution in [0.5, 0.6) is 0 Å². The summed E-state index contributed by atoms with van der Waals surface area (Å²) in [4.78, 5) is 0. The molecule has 0 aromatic heterocycles. The predicted molar refractivity (Wildman–Crippen MR) is 60.7 cm³/mol. The summed E-state index contributed by atoms with van der Waals surface area (Å²) in [7, 11) is 0. The van der Waals surface area contributed by atoms with Crippen molar-refractivity contribution in [3.8, 4) is 0 Å². The third-order valence-electron chi connectivity index (χ3n) is 4.30. The second-order valence-electron chi connectivity index (χ2n) is 5.74. The standard InChI is InChI=1S/C13H24O2/c1-10-5-3-6-11(9-10)12(14)13(2)7-4-8-15-13/h10-12,14H,3-9H2,1-2H3. The first-order valence-electron chi connectivity index (χ1n) is 6.44. The van der Waals surface area contributed by atoms with Gasteiger partial charge in [-0.05, 0) is 44.4 Å². The molecular formula is C13H24O2. The van der Waals surface area contributed by atoms with Crippen LogP contribution in [-0.4, -0.2) is 23.4 Å². The van der Waals surface area contributed by atoms with E-state index in [-0.39, 0.29) is 11.7 Å². The van der Waals surface area contributed by atoms with Gasteiger partial charge in [-0.2, -0.15) is 0 Å². The predicted octanol–water partition coefficient (Wildman–Crippen LogP) is 2.74. The Balaban J connectivity index is 1.96. The first-order chi connectivity index (χ1) is 7.12. The molecule has 0 radical (unpaired) electrons. The smallest absolute Gasteiger partial charge is 0.0915 e. The molecule has 0 aromatic carbocycles. The Morgan fingerprint density at radius 2 is 2.13 bits per heavy atom. The monoisotopic (exact) mass is 212 g/mol. The maximum Gasteiger partial charge on any atom is 0.0915 e. The van der Waals surface area contributed by atoms with E-state index in [1.54, 1.807) is 0 Å². The van der Waals surface area contributed by atoms with Gasteiger partial charge in [0, 0.05) is 6.61 Å². The first kappa shape index (κ1) is 11.4. The lowest BCUT2D eigenvalue weighted by Gasteiger charge is -2.38. The van der Waals surface area contributed by atoms with Crippen molar-refractivity contribution in [1.82, 2.24) is 0 Å². The van der Waals surface area contributed by atoms with Gasteiger partial charge in [-0.15, -0.1) is 0 Å². The zero-order valence-electron chi connectivity index (χ0n) is 10.0. The normalized spacial score (nSPS) is 44.2. The van der Waals surface area contributed by atoms with Crippen molar-refractivity contribution in [2.45, 2.75) is 64.1 Å². The molecule has 0 bridgehead atoms. The molecule has 1 saturated heterocycles. The molecular weight excluding hydrogens is 188 g/mol. The lowest BCUT2D eigenvalue weighted by molar-refractivity contribution is -0.109. The van der Waals surface area contributed by atoms with Crippen LogP contribution in [0.3, 0.4) is 0 Å². The van der Waals surface area contributed by atoms with Crippen LogP contribution in [0.2, 0.25) is 0 Å².